The molecule has 0 radical (unpaired) electrons. The summed E-state index contributed by atoms with van der Waals surface area (Å²) >= 11 is 0. The normalized spacial score (nSPS) is 14.8. The highest BCUT2D eigenvalue weighted by atomic mass is 16.7. The Hall–Kier alpha value is -5.08. The molecule has 196 valence electrons. The average molecular weight is 521 g/mol. The Kier molecular flexibility index (Phi) is 7.06. The molecule has 1 saturated heterocycles. The number of non-ortho nitro benzene ring substituents is 1. The number of nitrogens with one attached hydrogen (secondary N) is 2. The minimum absolute atomic E-state index is 0.0139. The van der Waals surface area contributed by atoms with E-state index in [1.165, 1.54) is 30.5 Å². The fourth-order valence-corrected chi connectivity index (χ4v) is 4.05. The van der Waals surface area contributed by atoms with Gasteiger partial charge in [-0.25, -0.2) is 5.43 Å². The van der Waals surface area contributed by atoms with Crippen LogP contribution in [0.3, 0.4) is 0 Å². The number of hydrazone groups is 1. The zero-order valence-corrected chi connectivity index (χ0v) is 20.1. The maximum Gasteiger partial charge on any atom is 0.282 e. The van der Waals surface area contributed by atoms with Crippen molar-refractivity contribution >= 4 is 41.1 Å². The van der Waals surface area contributed by atoms with Gasteiger partial charge in [0.2, 0.25) is 24.6 Å². The summed E-state index contributed by atoms with van der Waals surface area (Å²) in [5.74, 6) is 1.44. The van der Waals surface area contributed by atoms with Gasteiger partial charge in [0.15, 0.2) is 11.5 Å². The number of nitro groups is 2. The first kappa shape index (κ1) is 24.6. The number of nitrogens with zero attached hydrogens (tertiary/aromatic N) is 7. The van der Waals surface area contributed by atoms with Gasteiger partial charge in [-0.1, -0.05) is 12.8 Å². The van der Waals surface area contributed by atoms with Crippen molar-refractivity contribution in [1.82, 2.24) is 15.0 Å². The molecule has 0 saturated carbocycles. The minimum Gasteiger partial charge on any atom is -0.454 e. The number of benzene rings is 2. The first-order valence-corrected chi connectivity index (χ1v) is 11.9. The SMILES string of the molecule is O=[N+]([O-])c1ccc(Nc2nc(NN=Cc3cc4c(cc3[N+](=O)[O-])OCO4)nc(N3CCCCCC3)n2)cc1. The molecular formula is C23H23N9O6. The number of ether oxygens (including phenoxy) is 2. The Morgan fingerprint density at radius 2 is 1.58 bits per heavy atom. The van der Waals surface area contributed by atoms with E-state index in [-0.39, 0.29) is 35.6 Å². The van der Waals surface area contributed by atoms with Crippen LogP contribution in [-0.4, -0.2) is 50.9 Å². The second-order valence-corrected chi connectivity index (χ2v) is 8.50. The molecular weight excluding hydrogens is 498 g/mol. The lowest BCUT2D eigenvalue weighted by molar-refractivity contribution is -0.385. The van der Waals surface area contributed by atoms with Crippen LogP contribution in [0, 0.1) is 20.2 Å². The van der Waals surface area contributed by atoms with Gasteiger partial charge in [0.05, 0.1) is 27.7 Å². The van der Waals surface area contributed by atoms with Crippen molar-refractivity contribution in [3.8, 4) is 11.5 Å². The van der Waals surface area contributed by atoms with Crippen molar-refractivity contribution in [3.63, 3.8) is 0 Å². The van der Waals surface area contributed by atoms with Crippen molar-refractivity contribution < 1.29 is 19.3 Å². The zero-order valence-electron chi connectivity index (χ0n) is 20.1. The van der Waals surface area contributed by atoms with Gasteiger partial charge in [-0.3, -0.25) is 20.2 Å². The third-order valence-corrected chi connectivity index (χ3v) is 5.93. The highest BCUT2D eigenvalue weighted by Gasteiger charge is 2.22. The molecule has 0 aliphatic carbocycles. The van der Waals surface area contributed by atoms with Crippen molar-refractivity contribution in [2.75, 3.05) is 35.5 Å². The summed E-state index contributed by atoms with van der Waals surface area (Å²) in [5.41, 5.74) is 3.26. The highest BCUT2D eigenvalue weighted by molar-refractivity contribution is 5.87. The zero-order chi connectivity index (χ0) is 26.5. The fraction of sp³-hybridized carbons (Fsp3) is 0.304. The molecule has 3 aromatic rings. The van der Waals surface area contributed by atoms with Crippen LogP contribution >= 0.6 is 0 Å². The lowest BCUT2D eigenvalue weighted by Gasteiger charge is -2.21. The van der Waals surface area contributed by atoms with Crippen LogP contribution in [0.15, 0.2) is 41.5 Å². The van der Waals surface area contributed by atoms with Gasteiger partial charge in [0, 0.05) is 30.9 Å². The standard InChI is InChI=1S/C23H23N9O6/c33-31(34)17-7-5-16(6-8-17)25-21-26-22(28-23(27-21)30-9-3-1-2-4-10-30)29-24-13-15-11-19-20(38-14-37-19)12-18(15)32(35)36/h5-8,11-13H,1-4,9-10,14H2,(H2,25,26,27,28,29). The smallest absolute Gasteiger partial charge is 0.282 e. The Morgan fingerprint density at radius 3 is 2.26 bits per heavy atom. The molecule has 15 nitrogen and oxygen atoms in total. The molecule has 0 bridgehead atoms. The molecule has 2 N–H and O–H groups in total. The van der Waals surface area contributed by atoms with Crippen molar-refractivity contribution in [2.24, 2.45) is 5.10 Å². The van der Waals surface area contributed by atoms with E-state index < -0.39 is 9.85 Å². The summed E-state index contributed by atoms with van der Waals surface area (Å²) in [7, 11) is 0. The first-order chi connectivity index (χ1) is 18.5. The molecule has 0 spiro atoms. The number of nitro benzene ring substituents is 2. The van der Waals surface area contributed by atoms with E-state index in [2.05, 4.69) is 35.7 Å². The van der Waals surface area contributed by atoms with Gasteiger partial charge < -0.3 is 19.7 Å². The van der Waals surface area contributed by atoms with E-state index in [0.717, 1.165) is 38.8 Å². The topological polar surface area (TPSA) is 183 Å². The fourth-order valence-electron chi connectivity index (χ4n) is 4.05. The second kappa shape index (κ2) is 10.9. The molecule has 2 aliphatic heterocycles. The molecule has 0 amide bonds. The molecule has 3 heterocycles. The summed E-state index contributed by atoms with van der Waals surface area (Å²) in [4.78, 5) is 36.9. The maximum atomic E-state index is 11.5. The summed E-state index contributed by atoms with van der Waals surface area (Å²) in [5, 5.41) is 29.6. The van der Waals surface area contributed by atoms with Crippen LogP contribution in [0.4, 0.5) is 34.9 Å². The van der Waals surface area contributed by atoms with Crippen LogP contribution in [0.1, 0.15) is 31.2 Å². The Balaban J connectivity index is 1.41. The summed E-state index contributed by atoms with van der Waals surface area (Å²) in [6.07, 6.45) is 5.54. The predicted molar refractivity (Wildman–Crippen MR) is 137 cm³/mol. The van der Waals surface area contributed by atoms with Gasteiger partial charge in [-0.05, 0) is 31.0 Å². The molecule has 5 rings (SSSR count). The minimum atomic E-state index is -0.532. The molecule has 2 aromatic carbocycles. The number of rotatable bonds is 8. The number of aromatic nitrogens is 3. The second-order valence-electron chi connectivity index (χ2n) is 8.50. The number of hydrogen-bond donors (Lipinski definition) is 2. The summed E-state index contributed by atoms with van der Waals surface area (Å²) < 4.78 is 10.5. The molecule has 2 aliphatic rings. The van der Waals surface area contributed by atoms with E-state index in [9.17, 15) is 20.2 Å². The van der Waals surface area contributed by atoms with Crippen molar-refractivity contribution in [3.05, 3.63) is 62.2 Å². The highest BCUT2D eigenvalue weighted by Crippen LogP contribution is 2.37. The maximum absolute atomic E-state index is 11.5. The monoisotopic (exact) mass is 521 g/mol. The van der Waals surface area contributed by atoms with Crippen molar-refractivity contribution in [2.45, 2.75) is 25.7 Å². The molecule has 0 atom stereocenters. The van der Waals surface area contributed by atoms with Gasteiger partial charge in [0.25, 0.3) is 11.4 Å². The quantitative estimate of drug-likeness (QED) is 0.247. The van der Waals surface area contributed by atoms with Crippen LogP contribution in [0.2, 0.25) is 0 Å². The third kappa shape index (κ3) is 5.66. The van der Waals surface area contributed by atoms with Gasteiger partial charge in [0.1, 0.15) is 0 Å². The average Bonchev–Trinajstić information content (AvgIpc) is 3.19. The summed E-state index contributed by atoms with van der Waals surface area (Å²) in [6, 6.07) is 8.62. The molecule has 38 heavy (non-hydrogen) atoms. The molecule has 1 aromatic heterocycles. The van der Waals surface area contributed by atoms with Crippen molar-refractivity contribution in [1.29, 1.82) is 0 Å². The van der Waals surface area contributed by atoms with Gasteiger partial charge in [-0.15, -0.1) is 0 Å². The predicted octanol–water partition coefficient (Wildman–Crippen LogP) is 3.99. The largest absolute Gasteiger partial charge is 0.454 e. The number of hydrogen-bond acceptors (Lipinski definition) is 13. The lowest BCUT2D eigenvalue weighted by Crippen LogP contribution is -2.26. The Labute approximate surface area is 215 Å². The first-order valence-electron chi connectivity index (χ1n) is 11.9. The van der Waals surface area contributed by atoms with Crippen LogP contribution < -0.4 is 25.1 Å². The van der Waals surface area contributed by atoms with E-state index in [1.807, 2.05) is 0 Å². The molecule has 15 heteroatoms. The van der Waals surface area contributed by atoms with Crippen LogP contribution in [0.5, 0.6) is 11.5 Å². The van der Waals surface area contributed by atoms with E-state index in [0.29, 0.717) is 23.1 Å². The Morgan fingerprint density at radius 1 is 0.895 bits per heavy atom. The van der Waals surface area contributed by atoms with E-state index >= 15 is 0 Å². The summed E-state index contributed by atoms with van der Waals surface area (Å²) in [6.45, 7) is 1.56. The van der Waals surface area contributed by atoms with E-state index in [4.69, 9.17) is 9.47 Å². The Bertz CT molecular complexity index is 1370. The van der Waals surface area contributed by atoms with Crippen LogP contribution in [-0.2, 0) is 0 Å². The molecule has 0 unspecified atom stereocenters. The van der Waals surface area contributed by atoms with Gasteiger partial charge in [-0.2, -0.15) is 20.1 Å². The van der Waals surface area contributed by atoms with Gasteiger partial charge >= 0.3 is 0 Å². The lowest BCUT2D eigenvalue weighted by atomic mass is 10.1. The third-order valence-electron chi connectivity index (χ3n) is 5.93. The molecule has 1 fully saturated rings. The van der Waals surface area contributed by atoms with E-state index in [1.54, 1.807) is 12.1 Å². The van der Waals surface area contributed by atoms with Crippen LogP contribution in [0.25, 0.3) is 0 Å². The number of fused-ring (bicyclic) bond motifs is 1. The number of anilines is 4.